The van der Waals surface area contributed by atoms with E-state index in [1.54, 1.807) is 24.3 Å². The van der Waals surface area contributed by atoms with Gasteiger partial charge < -0.3 is 9.84 Å². The summed E-state index contributed by atoms with van der Waals surface area (Å²) in [6, 6.07) is 13.9. The van der Waals surface area contributed by atoms with Crippen molar-refractivity contribution in [2.45, 2.75) is 17.0 Å². The van der Waals surface area contributed by atoms with E-state index in [2.05, 4.69) is 4.99 Å². The summed E-state index contributed by atoms with van der Waals surface area (Å²) in [4.78, 5) is 15.8. The van der Waals surface area contributed by atoms with Crippen molar-refractivity contribution in [2.24, 2.45) is 4.99 Å². The Bertz CT molecular complexity index is 888. The van der Waals surface area contributed by atoms with E-state index in [1.807, 2.05) is 18.2 Å². The van der Waals surface area contributed by atoms with Crippen LogP contribution in [0.3, 0.4) is 0 Å². The maximum Gasteiger partial charge on any atom is 0.332 e. The molecule has 2 atom stereocenters. The number of carboxylic acid groups (broad SMARTS) is 1. The summed E-state index contributed by atoms with van der Waals surface area (Å²) in [6.45, 7) is 0. The van der Waals surface area contributed by atoms with E-state index in [0.717, 1.165) is 6.26 Å². The SMILES string of the molecule is CS(=O)(=O)c1ccc([C@H]2OC(c3ccccc3)=N[C@@H]2C(=O)O)cc1. The predicted molar refractivity (Wildman–Crippen MR) is 87.8 cm³/mol. The maximum atomic E-state index is 11.5. The number of sulfone groups is 1. The van der Waals surface area contributed by atoms with Crippen LogP contribution in [0.2, 0.25) is 0 Å². The molecule has 1 aliphatic heterocycles. The monoisotopic (exact) mass is 345 g/mol. The molecular weight excluding hydrogens is 330 g/mol. The first-order valence-corrected chi connectivity index (χ1v) is 9.08. The molecule has 0 spiro atoms. The molecule has 0 saturated heterocycles. The van der Waals surface area contributed by atoms with Crippen LogP contribution in [-0.2, 0) is 19.4 Å². The lowest BCUT2D eigenvalue weighted by Crippen LogP contribution is -2.23. The van der Waals surface area contributed by atoms with Gasteiger partial charge in [-0.25, -0.2) is 18.2 Å². The molecule has 6 nitrogen and oxygen atoms in total. The molecule has 0 bridgehead atoms. The summed E-state index contributed by atoms with van der Waals surface area (Å²) in [5, 5.41) is 9.41. The lowest BCUT2D eigenvalue weighted by molar-refractivity contribution is -0.140. The molecule has 0 saturated carbocycles. The Morgan fingerprint density at radius 1 is 1.08 bits per heavy atom. The number of benzene rings is 2. The summed E-state index contributed by atoms with van der Waals surface area (Å²) in [7, 11) is -3.31. The van der Waals surface area contributed by atoms with Crippen molar-refractivity contribution in [2.75, 3.05) is 6.26 Å². The normalized spacial score (nSPS) is 20.3. The first-order chi connectivity index (χ1) is 11.4. The van der Waals surface area contributed by atoms with Gasteiger partial charge in [0.1, 0.15) is 0 Å². The Morgan fingerprint density at radius 2 is 1.71 bits per heavy atom. The highest BCUT2D eigenvalue weighted by atomic mass is 32.2. The van der Waals surface area contributed by atoms with Crippen LogP contribution in [0.25, 0.3) is 0 Å². The molecule has 24 heavy (non-hydrogen) atoms. The third-order valence-corrected chi connectivity index (χ3v) is 4.82. The van der Waals surface area contributed by atoms with Crippen LogP contribution in [0, 0.1) is 0 Å². The Labute approximate surface area is 139 Å². The molecule has 124 valence electrons. The van der Waals surface area contributed by atoms with Crippen molar-refractivity contribution in [1.29, 1.82) is 0 Å². The third-order valence-electron chi connectivity index (χ3n) is 3.69. The molecule has 0 aromatic heterocycles. The zero-order valence-electron chi connectivity index (χ0n) is 12.8. The van der Waals surface area contributed by atoms with Gasteiger partial charge in [-0.15, -0.1) is 0 Å². The molecule has 0 unspecified atom stereocenters. The van der Waals surface area contributed by atoms with Crippen molar-refractivity contribution >= 4 is 21.7 Å². The van der Waals surface area contributed by atoms with Gasteiger partial charge in [0.25, 0.3) is 0 Å². The second kappa shape index (κ2) is 6.09. The van der Waals surface area contributed by atoms with Gasteiger partial charge in [0.2, 0.25) is 5.90 Å². The summed E-state index contributed by atoms with van der Waals surface area (Å²) >= 11 is 0. The number of carboxylic acids is 1. The molecule has 2 aromatic rings. The van der Waals surface area contributed by atoms with Gasteiger partial charge in [-0.3, -0.25) is 0 Å². The molecule has 3 rings (SSSR count). The van der Waals surface area contributed by atoms with Crippen LogP contribution < -0.4 is 0 Å². The van der Waals surface area contributed by atoms with Crippen LogP contribution in [0.4, 0.5) is 0 Å². The van der Waals surface area contributed by atoms with Gasteiger partial charge >= 0.3 is 5.97 Å². The number of rotatable bonds is 4. The highest BCUT2D eigenvalue weighted by Crippen LogP contribution is 2.31. The Morgan fingerprint density at radius 3 is 2.25 bits per heavy atom. The van der Waals surface area contributed by atoms with Crippen LogP contribution in [0.5, 0.6) is 0 Å². The molecular formula is C17H15NO5S. The highest BCUT2D eigenvalue weighted by Gasteiger charge is 2.38. The topological polar surface area (TPSA) is 93.0 Å². The summed E-state index contributed by atoms with van der Waals surface area (Å²) in [5.41, 5.74) is 1.25. The van der Waals surface area contributed by atoms with Crippen molar-refractivity contribution in [1.82, 2.24) is 0 Å². The smallest absolute Gasteiger partial charge is 0.332 e. The Hall–Kier alpha value is -2.67. The first-order valence-electron chi connectivity index (χ1n) is 7.19. The minimum atomic E-state index is -3.31. The summed E-state index contributed by atoms with van der Waals surface area (Å²) in [6.07, 6.45) is 0.316. The van der Waals surface area contributed by atoms with Gasteiger partial charge in [0.05, 0.1) is 4.90 Å². The van der Waals surface area contributed by atoms with E-state index < -0.39 is 28.0 Å². The van der Waals surface area contributed by atoms with Gasteiger partial charge in [-0.2, -0.15) is 0 Å². The number of aliphatic imine (C=N–C) groups is 1. The van der Waals surface area contributed by atoms with Crippen molar-refractivity contribution in [3.63, 3.8) is 0 Å². The number of aliphatic carboxylic acids is 1. The average Bonchev–Trinajstić information content (AvgIpc) is 3.00. The second-order valence-electron chi connectivity index (χ2n) is 5.46. The molecule has 0 fully saturated rings. The van der Waals surface area contributed by atoms with E-state index in [9.17, 15) is 18.3 Å². The van der Waals surface area contributed by atoms with Crippen molar-refractivity contribution in [3.05, 3.63) is 65.7 Å². The third kappa shape index (κ3) is 3.16. The minimum absolute atomic E-state index is 0.167. The lowest BCUT2D eigenvalue weighted by atomic mass is 10.0. The molecule has 0 aliphatic carbocycles. The fourth-order valence-electron chi connectivity index (χ4n) is 2.47. The highest BCUT2D eigenvalue weighted by molar-refractivity contribution is 7.90. The fourth-order valence-corrected chi connectivity index (χ4v) is 3.10. The zero-order chi connectivity index (χ0) is 17.3. The fraction of sp³-hybridized carbons (Fsp3) is 0.176. The van der Waals surface area contributed by atoms with E-state index in [4.69, 9.17) is 4.74 Å². The lowest BCUT2D eigenvalue weighted by Gasteiger charge is -2.15. The predicted octanol–water partition coefficient (Wildman–Crippen LogP) is 2.06. The maximum absolute atomic E-state index is 11.5. The van der Waals surface area contributed by atoms with E-state index in [-0.39, 0.29) is 10.8 Å². The van der Waals surface area contributed by atoms with Gasteiger partial charge in [-0.1, -0.05) is 30.3 Å². The number of ether oxygens (including phenoxy) is 1. The van der Waals surface area contributed by atoms with Crippen molar-refractivity contribution in [3.8, 4) is 0 Å². The van der Waals surface area contributed by atoms with Gasteiger partial charge in [-0.05, 0) is 29.8 Å². The van der Waals surface area contributed by atoms with Crippen LogP contribution in [0.15, 0.2) is 64.5 Å². The molecule has 1 N–H and O–H groups in total. The zero-order valence-corrected chi connectivity index (χ0v) is 13.6. The van der Waals surface area contributed by atoms with Crippen LogP contribution >= 0.6 is 0 Å². The Balaban J connectivity index is 1.92. The van der Waals surface area contributed by atoms with Gasteiger partial charge in [0.15, 0.2) is 22.0 Å². The van der Waals surface area contributed by atoms with E-state index in [0.29, 0.717) is 11.1 Å². The Kier molecular flexibility index (Phi) is 4.11. The van der Waals surface area contributed by atoms with Crippen LogP contribution in [0.1, 0.15) is 17.2 Å². The van der Waals surface area contributed by atoms with Crippen LogP contribution in [-0.4, -0.2) is 37.7 Å². The molecule has 0 radical (unpaired) electrons. The standard InChI is InChI=1S/C17H15NO5S/c1-24(21,22)13-9-7-11(8-10-13)15-14(17(19)20)18-16(23-15)12-5-3-2-4-6-12/h2-10,14-15H,1H3,(H,19,20)/t14-,15+/m0/s1. The van der Waals surface area contributed by atoms with E-state index in [1.165, 1.54) is 12.1 Å². The molecule has 7 heteroatoms. The molecule has 0 amide bonds. The average molecular weight is 345 g/mol. The number of carbonyl (C=O) groups is 1. The summed E-state index contributed by atoms with van der Waals surface area (Å²) < 4.78 is 28.8. The molecule has 1 aliphatic rings. The number of nitrogens with zero attached hydrogens (tertiary/aromatic N) is 1. The number of hydrogen-bond acceptors (Lipinski definition) is 5. The second-order valence-corrected chi connectivity index (χ2v) is 7.48. The quantitative estimate of drug-likeness (QED) is 0.915. The van der Waals surface area contributed by atoms with E-state index >= 15 is 0 Å². The molecule has 1 heterocycles. The minimum Gasteiger partial charge on any atom is -0.480 e. The largest absolute Gasteiger partial charge is 0.480 e. The number of hydrogen-bond donors (Lipinski definition) is 1. The van der Waals surface area contributed by atoms with Gasteiger partial charge in [0, 0.05) is 11.8 Å². The van der Waals surface area contributed by atoms with Crippen molar-refractivity contribution < 1.29 is 23.1 Å². The summed E-state index contributed by atoms with van der Waals surface area (Å²) in [5.74, 6) is -0.835. The molecule has 2 aromatic carbocycles. The first kappa shape index (κ1) is 16.2.